The Morgan fingerprint density at radius 2 is 1.85 bits per heavy atom. The molecule has 3 aliphatic rings. The highest BCUT2D eigenvalue weighted by Gasteiger charge is 2.59. The molecule has 34 heavy (non-hydrogen) atoms. The van der Waals surface area contributed by atoms with Crippen molar-refractivity contribution >= 4 is 29.7 Å². The number of allylic oxidation sites excluding steroid dienone is 2. The summed E-state index contributed by atoms with van der Waals surface area (Å²) in [4.78, 5) is 47.5. The average molecular weight is 461 g/mol. The van der Waals surface area contributed by atoms with Crippen LogP contribution in [-0.2, 0) is 16.2 Å². The predicted molar refractivity (Wildman–Crippen MR) is 118 cm³/mol. The molecule has 0 aromatic heterocycles. The van der Waals surface area contributed by atoms with Gasteiger partial charge in [0.2, 0.25) is 0 Å². The first-order valence-corrected chi connectivity index (χ1v) is 10.7. The SMILES string of the molecule is O=C(O)c1cccc(COc2ccc([N+](=O)[O-])cc2C=NN2C(=O)[C@@H]3[C@H](C2=O)[C@H]2C=C[C@H]3C2)c1. The quantitative estimate of drug-likeness (QED) is 0.220. The highest BCUT2D eigenvalue weighted by Crippen LogP contribution is 2.52. The number of hydrazone groups is 1. The summed E-state index contributed by atoms with van der Waals surface area (Å²) >= 11 is 0. The van der Waals surface area contributed by atoms with Gasteiger partial charge in [0.15, 0.2) is 0 Å². The molecular formula is C24H19N3O7. The maximum Gasteiger partial charge on any atom is 0.335 e. The monoisotopic (exact) mass is 461 g/mol. The summed E-state index contributed by atoms with van der Waals surface area (Å²) in [6.45, 7) is 0.000520. The van der Waals surface area contributed by atoms with Gasteiger partial charge in [-0.2, -0.15) is 10.1 Å². The van der Waals surface area contributed by atoms with Crippen LogP contribution in [0.5, 0.6) is 5.75 Å². The Morgan fingerprint density at radius 1 is 1.15 bits per heavy atom. The highest BCUT2D eigenvalue weighted by molar-refractivity contribution is 6.07. The van der Waals surface area contributed by atoms with Crippen LogP contribution in [0.4, 0.5) is 5.69 Å². The van der Waals surface area contributed by atoms with Gasteiger partial charge in [-0.25, -0.2) is 4.79 Å². The van der Waals surface area contributed by atoms with Crippen LogP contribution in [0.15, 0.2) is 59.7 Å². The molecule has 1 aliphatic heterocycles. The molecule has 2 fully saturated rings. The molecule has 1 heterocycles. The summed E-state index contributed by atoms with van der Waals surface area (Å²) in [5.74, 6) is -2.27. The Balaban J connectivity index is 1.39. The van der Waals surface area contributed by atoms with Crippen molar-refractivity contribution in [1.82, 2.24) is 5.01 Å². The third-order valence-corrected chi connectivity index (χ3v) is 6.53. The molecule has 172 valence electrons. The number of hydrogen-bond donors (Lipinski definition) is 1. The topological polar surface area (TPSA) is 139 Å². The molecule has 1 saturated heterocycles. The van der Waals surface area contributed by atoms with Crippen molar-refractivity contribution in [3.8, 4) is 5.75 Å². The van der Waals surface area contributed by atoms with Crippen molar-refractivity contribution < 1.29 is 29.2 Å². The van der Waals surface area contributed by atoms with Gasteiger partial charge in [0, 0.05) is 17.7 Å². The normalized spacial score (nSPS) is 24.8. The van der Waals surface area contributed by atoms with E-state index in [1.165, 1.54) is 36.5 Å². The van der Waals surface area contributed by atoms with Gasteiger partial charge in [0.25, 0.3) is 17.5 Å². The van der Waals surface area contributed by atoms with Crippen molar-refractivity contribution in [3.05, 3.63) is 81.4 Å². The Morgan fingerprint density at radius 3 is 2.50 bits per heavy atom. The molecule has 2 bridgehead atoms. The Bertz CT molecular complexity index is 1260. The lowest BCUT2D eigenvalue weighted by Gasteiger charge is -2.13. The standard InChI is InChI=1S/C24H19N3O7/c28-22-20-14-4-5-15(9-14)21(20)23(29)26(22)25-11-17-10-18(27(32)33)6-7-19(17)34-12-13-2-1-3-16(8-13)24(30)31/h1-8,10-11,14-15,20-21H,9,12H2,(H,30,31)/t14-,15-,20-,21+/m0/s1. The first-order valence-electron chi connectivity index (χ1n) is 10.7. The van der Waals surface area contributed by atoms with Gasteiger partial charge in [0.1, 0.15) is 12.4 Å². The van der Waals surface area contributed by atoms with Crippen LogP contribution in [0.25, 0.3) is 0 Å². The van der Waals surface area contributed by atoms with Crippen molar-refractivity contribution in [2.24, 2.45) is 28.8 Å². The number of carboxylic acid groups (broad SMARTS) is 1. The van der Waals surface area contributed by atoms with E-state index in [1.807, 2.05) is 12.2 Å². The first-order chi connectivity index (χ1) is 16.3. The van der Waals surface area contributed by atoms with Crippen LogP contribution < -0.4 is 4.74 Å². The van der Waals surface area contributed by atoms with Crippen LogP contribution in [-0.4, -0.2) is 39.0 Å². The van der Waals surface area contributed by atoms with E-state index in [2.05, 4.69) is 5.10 Å². The molecule has 0 unspecified atom stereocenters. The molecular weight excluding hydrogens is 442 g/mol. The maximum atomic E-state index is 12.8. The van der Waals surface area contributed by atoms with Gasteiger partial charge >= 0.3 is 5.97 Å². The van der Waals surface area contributed by atoms with Gasteiger partial charge < -0.3 is 9.84 Å². The summed E-state index contributed by atoms with van der Waals surface area (Å²) in [5.41, 5.74) is 0.690. The third kappa shape index (κ3) is 3.62. The molecule has 10 nitrogen and oxygen atoms in total. The number of benzene rings is 2. The third-order valence-electron chi connectivity index (χ3n) is 6.53. The van der Waals surface area contributed by atoms with E-state index in [0.29, 0.717) is 5.56 Å². The molecule has 0 radical (unpaired) electrons. The van der Waals surface area contributed by atoms with Crippen LogP contribution in [0.2, 0.25) is 0 Å². The van der Waals surface area contributed by atoms with Crippen LogP contribution in [0.3, 0.4) is 0 Å². The van der Waals surface area contributed by atoms with Gasteiger partial charge in [0.05, 0.1) is 28.5 Å². The van der Waals surface area contributed by atoms with Crippen LogP contribution in [0, 0.1) is 33.8 Å². The molecule has 4 atom stereocenters. The van der Waals surface area contributed by atoms with Crippen LogP contribution >= 0.6 is 0 Å². The number of nitro benzene ring substituents is 1. The second-order valence-electron chi connectivity index (χ2n) is 8.51. The lowest BCUT2D eigenvalue weighted by molar-refractivity contribution is -0.384. The fourth-order valence-corrected chi connectivity index (χ4v) is 4.96. The minimum atomic E-state index is -1.07. The smallest absolute Gasteiger partial charge is 0.335 e. The molecule has 0 spiro atoms. The predicted octanol–water partition coefficient (Wildman–Crippen LogP) is 3.01. The lowest BCUT2D eigenvalue weighted by atomic mass is 9.85. The highest BCUT2D eigenvalue weighted by atomic mass is 16.6. The molecule has 1 saturated carbocycles. The molecule has 2 aromatic rings. The summed E-state index contributed by atoms with van der Waals surface area (Å²) in [7, 11) is 0. The number of rotatable bonds is 7. The Labute approximate surface area is 193 Å². The van der Waals surface area contributed by atoms with E-state index in [9.17, 15) is 24.5 Å². The zero-order valence-electron chi connectivity index (χ0n) is 17.7. The fraction of sp³-hybridized carbons (Fsp3) is 0.250. The zero-order chi connectivity index (χ0) is 24.0. The largest absolute Gasteiger partial charge is 0.488 e. The number of nitro groups is 1. The Hall–Kier alpha value is -4.34. The van der Waals surface area contributed by atoms with Gasteiger partial charge in [-0.1, -0.05) is 24.3 Å². The number of aromatic carboxylic acids is 1. The number of hydrogen-bond acceptors (Lipinski definition) is 7. The summed E-state index contributed by atoms with van der Waals surface area (Å²) in [5, 5.41) is 25.4. The summed E-state index contributed by atoms with van der Waals surface area (Å²) in [6.07, 6.45) is 5.98. The number of imide groups is 1. The fourth-order valence-electron chi connectivity index (χ4n) is 4.96. The molecule has 10 heteroatoms. The van der Waals surface area contributed by atoms with Gasteiger partial charge in [-0.05, 0) is 42.0 Å². The van der Waals surface area contributed by atoms with E-state index >= 15 is 0 Å². The van der Waals surface area contributed by atoms with Crippen molar-refractivity contribution in [2.75, 3.05) is 0 Å². The first kappa shape index (κ1) is 21.5. The average Bonchev–Trinajstić information content (AvgIpc) is 3.51. The minimum absolute atomic E-state index is 0.000520. The molecule has 2 aromatic carbocycles. The van der Waals surface area contributed by atoms with E-state index < -0.39 is 22.7 Å². The number of fused-ring (bicyclic) bond motifs is 5. The van der Waals surface area contributed by atoms with E-state index in [1.54, 1.807) is 12.1 Å². The van der Waals surface area contributed by atoms with Crippen molar-refractivity contribution in [3.63, 3.8) is 0 Å². The molecule has 2 amide bonds. The van der Waals surface area contributed by atoms with E-state index in [0.717, 1.165) is 11.4 Å². The lowest BCUT2D eigenvalue weighted by Crippen LogP contribution is -2.28. The van der Waals surface area contributed by atoms with E-state index in [4.69, 9.17) is 9.84 Å². The number of carbonyl (C=O) groups is 3. The second-order valence-corrected chi connectivity index (χ2v) is 8.51. The summed E-state index contributed by atoms with van der Waals surface area (Å²) < 4.78 is 5.78. The maximum absolute atomic E-state index is 12.8. The van der Waals surface area contributed by atoms with E-state index in [-0.39, 0.29) is 52.8 Å². The van der Waals surface area contributed by atoms with Gasteiger partial charge in [-0.15, -0.1) is 0 Å². The number of carboxylic acids is 1. The number of carbonyl (C=O) groups excluding carboxylic acids is 2. The molecule has 5 rings (SSSR count). The van der Waals surface area contributed by atoms with Gasteiger partial charge in [-0.3, -0.25) is 19.7 Å². The zero-order valence-corrected chi connectivity index (χ0v) is 17.7. The Kier molecular flexibility index (Phi) is 5.20. The second kappa shape index (κ2) is 8.22. The molecule has 1 N–H and O–H groups in total. The van der Waals surface area contributed by atoms with Crippen molar-refractivity contribution in [2.45, 2.75) is 13.0 Å². The summed E-state index contributed by atoms with van der Waals surface area (Å²) in [6, 6.07) is 10.1. The number of non-ortho nitro benzene ring substituents is 1. The van der Waals surface area contributed by atoms with Crippen molar-refractivity contribution in [1.29, 1.82) is 0 Å². The number of amides is 2. The number of nitrogens with zero attached hydrogens (tertiary/aromatic N) is 3. The number of ether oxygens (including phenoxy) is 1. The minimum Gasteiger partial charge on any atom is -0.488 e. The van der Waals surface area contributed by atoms with Crippen LogP contribution in [0.1, 0.15) is 27.9 Å². The molecule has 2 aliphatic carbocycles.